The highest BCUT2D eigenvalue weighted by Crippen LogP contribution is 2.32. The molecular weight excluding hydrogens is 412 g/mol. The summed E-state index contributed by atoms with van der Waals surface area (Å²) >= 11 is 3.32. The highest BCUT2D eigenvalue weighted by Gasteiger charge is 2.15. The number of sulfonamides is 1. The zero-order valence-electron chi connectivity index (χ0n) is 15.3. The molecule has 0 bridgehead atoms. The second-order valence-electron chi connectivity index (χ2n) is 6.46. The Morgan fingerprint density at radius 3 is 2.71 bits per heavy atom. The molecule has 0 spiro atoms. The highest BCUT2D eigenvalue weighted by atomic mass is 32.2. The molecule has 4 rings (SSSR count). The first-order valence-electron chi connectivity index (χ1n) is 8.96. The van der Waals surface area contributed by atoms with Crippen molar-refractivity contribution in [2.45, 2.75) is 41.3 Å². The van der Waals surface area contributed by atoms with E-state index in [-0.39, 0.29) is 4.90 Å². The fourth-order valence-electron chi connectivity index (χ4n) is 3.05. The lowest BCUT2D eigenvalue weighted by molar-refractivity contribution is 0.598. The van der Waals surface area contributed by atoms with Crippen molar-refractivity contribution in [2.24, 2.45) is 5.14 Å². The van der Waals surface area contributed by atoms with Crippen molar-refractivity contribution < 1.29 is 8.42 Å². The summed E-state index contributed by atoms with van der Waals surface area (Å²) in [5.74, 6) is 1.59. The fourth-order valence-corrected chi connectivity index (χ4v) is 5.60. The van der Waals surface area contributed by atoms with Crippen molar-refractivity contribution >= 4 is 54.4 Å². The Morgan fingerprint density at radius 2 is 1.96 bits per heavy atom. The summed E-state index contributed by atoms with van der Waals surface area (Å²) in [5, 5.41) is 5.27. The number of rotatable bonds is 7. The first-order valence-corrected chi connectivity index (χ1v) is 12.3. The molecule has 2 aromatic heterocycles. The number of imidazole rings is 1. The van der Waals surface area contributed by atoms with Crippen LogP contribution in [-0.2, 0) is 22.3 Å². The largest absolute Gasteiger partial charge is 0.327 e. The Hall–Kier alpha value is -1.94. The molecule has 0 aliphatic carbocycles. The third-order valence-corrected chi connectivity index (χ3v) is 7.55. The second-order valence-corrected chi connectivity index (χ2v) is 10.3. The van der Waals surface area contributed by atoms with Crippen LogP contribution in [0.15, 0.2) is 51.7 Å². The van der Waals surface area contributed by atoms with E-state index in [1.165, 1.54) is 4.70 Å². The van der Waals surface area contributed by atoms with Gasteiger partial charge in [0.1, 0.15) is 5.82 Å². The molecule has 0 aliphatic heterocycles. The van der Waals surface area contributed by atoms with E-state index in [9.17, 15) is 8.42 Å². The van der Waals surface area contributed by atoms with Crippen molar-refractivity contribution in [3.63, 3.8) is 0 Å². The van der Waals surface area contributed by atoms with E-state index in [1.54, 1.807) is 41.3 Å². The summed E-state index contributed by atoms with van der Waals surface area (Å²) in [4.78, 5) is 9.46. The predicted octanol–water partition coefficient (Wildman–Crippen LogP) is 4.39. The lowest BCUT2D eigenvalue weighted by Crippen LogP contribution is -2.11. The van der Waals surface area contributed by atoms with E-state index in [4.69, 9.17) is 10.1 Å². The lowest BCUT2D eigenvalue weighted by atomic mass is 10.3. The maximum absolute atomic E-state index is 11.7. The summed E-state index contributed by atoms with van der Waals surface area (Å²) in [6, 6.07) is 13.0. The van der Waals surface area contributed by atoms with Gasteiger partial charge in [0.05, 0.1) is 31.9 Å². The zero-order chi connectivity index (χ0) is 19.7. The number of primary sulfonamides is 1. The topological polar surface area (TPSA) is 90.9 Å². The monoisotopic (exact) mass is 432 g/mol. The molecule has 0 saturated heterocycles. The molecular formula is C19H20N4O2S3. The van der Waals surface area contributed by atoms with Gasteiger partial charge in [0.2, 0.25) is 10.0 Å². The highest BCUT2D eigenvalue weighted by molar-refractivity contribution is 8.00. The SMILES string of the molecule is CCCCn1c(CSc2nc3ccccc3s2)nc2cc(S(N)(=O)=O)ccc21. The Morgan fingerprint density at radius 1 is 1.14 bits per heavy atom. The first-order chi connectivity index (χ1) is 13.5. The zero-order valence-corrected chi connectivity index (χ0v) is 17.8. The van der Waals surface area contributed by atoms with Crippen molar-refractivity contribution in [1.29, 1.82) is 0 Å². The number of benzene rings is 2. The maximum Gasteiger partial charge on any atom is 0.238 e. The smallest absolute Gasteiger partial charge is 0.238 e. The van der Waals surface area contributed by atoms with Crippen molar-refractivity contribution in [3.8, 4) is 0 Å². The number of para-hydroxylation sites is 1. The number of aromatic nitrogens is 3. The number of unbranched alkanes of at least 4 members (excludes halogenated alkanes) is 1. The molecule has 2 N–H and O–H groups in total. The molecule has 2 aromatic carbocycles. The number of thiazole rings is 1. The number of nitrogens with two attached hydrogens (primary N) is 1. The number of hydrogen-bond acceptors (Lipinski definition) is 6. The molecule has 0 atom stereocenters. The number of aryl methyl sites for hydroxylation is 1. The van der Waals surface area contributed by atoms with Gasteiger partial charge in [-0.2, -0.15) is 0 Å². The molecule has 6 nitrogen and oxygen atoms in total. The van der Waals surface area contributed by atoms with Crippen LogP contribution in [-0.4, -0.2) is 23.0 Å². The van der Waals surface area contributed by atoms with Crippen LogP contribution < -0.4 is 5.14 Å². The summed E-state index contributed by atoms with van der Waals surface area (Å²) in [7, 11) is -3.75. The molecule has 0 amide bonds. The minimum absolute atomic E-state index is 0.0884. The number of hydrogen-bond donors (Lipinski definition) is 1. The molecule has 9 heteroatoms. The van der Waals surface area contributed by atoms with Crippen LogP contribution in [0.25, 0.3) is 21.3 Å². The van der Waals surface area contributed by atoms with Crippen LogP contribution >= 0.6 is 23.1 Å². The van der Waals surface area contributed by atoms with Gasteiger partial charge in [0.15, 0.2) is 4.34 Å². The number of thioether (sulfide) groups is 1. The van der Waals surface area contributed by atoms with Gasteiger partial charge in [-0.3, -0.25) is 0 Å². The van der Waals surface area contributed by atoms with E-state index < -0.39 is 10.0 Å². The van der Waals surface area contributed by atoms with Gasteiger partial charge < -0.3 is 4.57 Å². The molecule has 28 heavy (non-hydrogen) atoms. The van der Waals surface area contributed by atoms with Crippen LogP contribution in [0, 0.1) is 0 Å². The Labute approximate surface area is 171 Å². The van der Waals surface area contributed by atoms with E-state index in [0.29, 0.717) is 11.3 Å². The lowest BCUT2D eigenvalue weighted by Gasteiger charge is -2.08. The summed E-state index contributed by atoms with van der Waals surface area (Å²) < 4.78 is 27.7. The Bertz CT molecular complexity index is 1210. The average Bonchev–Trinajstić information content (AvgIpc) is 3.23. The fraction of sp³-hybridized carbons (Fsp3) is 0.263. The van der Waals surface area contributed by atoms with Crippen LogP contribution in [0.3, 0.4) is 0 Å². The molecule has 2 heterocycles. The standard InChI is InChI=1S/C19H20N4O2S3/c1-2-3-10-23-16-9-8-13(28(20,24)25)11-15(16)21-18(23)12-26-19-22-14-6-4-5-7-17(14)27-19/h4-9,11H,2-3,10,12H2,1H3,(H2,20,24,25). The quantitative estimate of drug-likeness (QED) is 0.438. The first kappa shape index (κ1) is 19.4. The van der Waals surface area contributed by atoms with E-state index >= 15 is 0 Å². The average molecular weight is 433 g/mol. The minimum Gasteiger partial charge on any atom is -0.327 e. The van der Waals surface area contributed by atoms with Gasteiger partial charge in [0, 0.05) is 6.54 Å². The molecule has 0 fully saturated rings. The maximum atomic E-state index is 11.7. The third-order valence-electron chi connectivity index (χ3n) is 4.46. The molecule has 0 unspecified atom stereocenters. The molecule has 4 aromatic rings. The predicted molar refractivity (Wildman–Crippen MR) is 115 cm³/mol. The summed E-state index contributed by atoms with van der Waals surface area (Å²) in [5.41, 5.74) is 2.59. The summed E-state index contributed by atoms with van der Waals surface area (Å²) in [6.45, 7) is 2.99. The van der Waals surface area contributed by atoms with Crippen LogP contribution in [0.1, 0.15) is 25.6 Å². The van der Waals surface area contributed by atoms with Gasteiger partial charge >= 0.3 is 0 Å². The van der Waals surface area contributed by atoms with Crippen molar-refractivity contribution in [2.75, 3.05) is 0 Å². The Balaban J connectivity index is 1.67. The summed E-state index contributed by atoms with van der Waals surface area (Å²) in [6.07, 6.45) is 2.10. The molecule has 0 saturated carbocycles. The van der Waals surface area contributed by atoms with Crippen molar-refractivity contribution in [1.82, 2.24) is 14.5 Å². The third kappa shape index (κ3) is 3.93. The number of fused-ring (bicyclic) bond motifs is 2. The normalized spacial score (nSPS) is 12.2. The van der Waals surface area contributed by atoms with Crippen molar-refractivity contribution in [3.05, 3.63) is 48.3 Å². The van der Waals surface area contributed by atoms with Crippen LogP contribution in [0.5, 0.6) is 0 Å². The van der Waals surface area contributed by atoms with Gasteiger partial charge in [-0.25, -0.2) is 23.5 Å². The molecule has 146 valence electrons. The molecule has 0 aliphatic rings. The molecule has 0 radical (unpaired) electrons. The minimum atomic E-state index is -3.75. The number of nitrogens with zero attached hydrogens (tertiary/aromatic N) is 3. The second kappa shape index (κ2) is 7.82. The van der Waals surface area contributed by atoms with E-state index in [1.807, 2.05) is 18.2 Å². The van der Waals surface area contributed by atoms with Crippen LogP contribution in [0.4, 0.5) is 0 Å². The van der Waals surface area contributed by atoms with E-state index in [2.05, 4.69) is 22.5 Å². The van der Waals surface area contributed by atoms with Crippen LogP contribution in [0.2, 0.25) is 0 Å². The van der Waals surface area contributed by atoms with Gasteiger partial charge in [-0.15, -0.1) is 11.3 Å². The van der Waals surface area contributed by atoms with E-state index in [0.717, 1.165) is 40.6 Å². The van der Waals surface area contributed by atoms with Gasteiger partial charge in [-0.1, -0.05) is 37.2 Å². The van der Waals surface area contributed by atoms with Gasteiger partial charge in [-0.05, 0) is 36.8 Å². The Kier molecular flexibility index (Phi) is 5.42. The van der Waals surface area contributed by atoms with Gasteiger partial charge in [0.25, 0.3) is 0 Å².